The summed E-state index contributed by atoms with van der Waals surface area (Å²) in [7, 11) is 1.53. The zero-order chi connectivity index (χ0) is 23.5. The topological polar surface area (TPSA) is 96.5 Å². The van der Waals surface area contributed by atoms with Gasteiger partial charge in [-0.3, -0.25) is 9.59 Å². The van der Waals surface area contributed by atoms with Crippen molar-refractivity contribution in [3.8, 4) is 5.75 Å². The van der Waals surface area contributed by atoms with E-state index in [1.54, 1.807) is 35.2 Å². The zero-order valence-electron chi connectivity index (χ0n) is 18.6. The van der Waals surface area contributed by atoms with Crippen LogP contribution >= 0.6 is 11.6 Å². The molecule has 0 aliphatic carbocycles. The first-order chi connectivity index (χ1) is 15.8. The van der Waals surface area contributed by atoms with Crippen molar-refractivity contribution in [2.24, 2.45) is 5.92 Å². The second-order valence-electron chi connectivity index (χ2n) is 7.89. The lowest BCUT2D eigenvalue weighted by Gasteiger charge is -2.20. The van der Waals surface area contributed by atoms with E-state index in [4.69, 9.17) is 16.3 Å². The molecule has 1 fully saturated rings. The average molecular weight is 466 g/mol. The van der Waals surface area contributed by atoms with Gasteiger partial charge < -0.3 is 20.3 Å². The second-order valence-corrected chi connectivity index (χ2v) is 8.33. The first kappa shape index (κ1) is 22.5. The molecule has 1 aromatic heterocycles. The van der Waals surface area contributed by atoms with Crippen molar-refractivity contribution in [3.63, 3.8) is 0 Å². The van der Waals surface area contributed by atoms with Crippen molar-refractivity contribution in [1.29, 1.82) is 0 Å². The molecule has 0 radical (unpaired) electrons. The summed E-state index contributed by atoms with van der Waals surface area (Å²) >= 11 is 6.11. The maximum absolute atomic E-state index is 12.9. The summed E-state index contributed by atoms with van der Waals surface area (Å²) in [6.45, 7) is 4.05. The summed E-state index contributed by atoms with van der Waals surface area (Å²) in [5.41, 5.74) is 3.64. The number of methoxy groups -OCH3 is 1. The molecule has 2 aromatic carbocycles. The van der Waals surface area contributed by atoms with Crippen LogP contribution in [-0.2, 0) is 9.59 Å². The number of halogens is 1. The van der Waals surface area contributed by atoms with Crippen LogP contribution in [0.4, 0.5) is 23.0 Å². The number of hydrogen-bond acceptors (Lipinski definition) is 6. The number of aryl methyl sites for hydroxylation is 2. The largest absolute Gasteiger partial charge is 0.495 e. The molecule has 0 bridgehead atoms. The maximum Gasteiger partial charge on any atom is 0.229 e. The van der Waals surface area contributed by atoms with Gasteiger partial charge in [-0.05, 0) is 56.3 Å². The van der Waals surface area contributed by atoms with Crippen LogP contribution in [-0.4, -0.2) is 35.4 Å². The van der Waals surface area contributed by atoms with Crippen LogP contribution in [0.1, 0.15) is 17.8 Å². The zero-order valence-corrected chi connectivity index (χ0v) is 19.3. The number of benzene rings is 2. The molecule has 9 heteroatoms. The van der Waals surface area contributed by atoms with Crippen molar-refractivity contribution in [3.05, 3.63) is 64.9 Å². The van der Waals surface area contributed by atoms with Crippen molar-refractivity contribution < 1.29 is 14.3 Å². The van der Waals surface area contributed by atoms with Gasteiger partial charge in [-0.25, -0.2) is 9.97 Å². The molecule has 1 atom stereocenters. The van der Waals surface area contributed by atoms with Gasteiger partial charge in [0.1, 0.15) is 5.75 Å². The Labute approximate surface area is 196 Å². The van der Waals surface area contributed by atoms with Gasteiger partial charge in [-0.15, -0.1) is 0 Å². The quantitative estimate of drug-likeness (QED) is 0.556. The summed E-state index contributed by atoms with van der Waals surface area (Å²) in [6, 6.07) is 14.2. The number of hydrogen-bond donors (Lipinski definition) is 2. The number of amides is 2. The van der Waals surface area contributed by atoms with Crippen LogP contribution in [0.3, 0.4) is 0 Å². The Balaban J connectivity index is 1.45. The number of carbonyl (C=O) groups excluding carboxylic acids is 2. The molecule has 2 heterocycles. The lowest BCUT2D eigenvalue weighted by Crippen LogP contribution is -2.28. The van der Waals surface area contributed by atoms with Gasteiger partial charge in [0.05, 0.1) is 18.7 Å². The van der Waals surface area contributed by atoms with Gasteiger partial charge in [0.25, 0.3) is 0 Å². The van der Waals surface area contributed by atoms with Crippen LogP contribution in [0.5, 0.6) is 5.75 Å². The van der Waals surface area contributed by atoms with Crippen LogP contribution in [0, 0.1) is 19.8 Å². The summed E-state index contributed by atoms with van der Waals surface area (Å²) in [4.78, 5) is 35.9. The van der Waals surface area contributed by atoms with E-state index in [2.05, 4.69) is 20.6 Å². The molecule has 2 N–H and O–H groups in total. The predicted molar refractivity (Wildman–Crippen MR) is 128 cm³/mol. The lowest BCUT2D eigenvalue weighted by atomic mass is 10.1. The van der Waals surface area contributed by atoms with Crippen molar-refractivity contribution in [2.45, 2.75) is 20.3 Å². The van der Waals surface area contributed by atoms with Crippen LogP contribution < -0.4 is 20.3 Å². The highest BCUT2D eigenvalue weighted by atomic mass is 35.5. The molecule has 33 heavy (non-hydrogen) atoms. The Morgan fingerprint density at radius 2 is 1.82 bits per heavy atom. The molecule has 0 spiro atoms. The molecular formula is C24H24ClN5O3. The summed E-state index contributed by atoms with van der Waals surface area (Å²) in [6.07, 6.45) is 0.107. The van der Waals surface area contributed by atoms with Crippen molar-refractivity contribution >= 4 is 46.4 Å². The SMILES string of the molecule is COc1ccc(Cl)cc1N1CC(C(=O)Nc2cccc(Nc3nc(C)cc(C)n3)c2)CC1=O. The molecule has 4 rings (SSSR count). The lowest BCUT2D eigenvalue weighted by molar-refractivity contribution is -0.122. The minimum atomic E-state index is -0.499. The maximum atomic E-state index is 12.9. The summed E-state index contributed by atoms with van der Waals surface area (Å²) in [5, 5.41) is 6.56. The van der Waals surface area contributed by atoms with E-state index in [1.807, 2.05) is 32.0 Å². The normalized spacial score (nSPS) is 15.5. The highest BCUT2D eigenvalue weighted by molar-refractivity contribution is 6.31. The molecule has 0 saturated carbocycles. The van der Waals surface area contributed by atoms with Crippen LogP contribution in [0.15, 0.2) is 48.5 Å². The third-order valence-electron chi connectivity index (χ3n) is 5.30. The Morgan fingerprint density at radius 1 is 1.09 bits per heavy atom. The van der Waals surface area contributed by atoms with E-state index in [1.165, 1.54) is 7.11 Å². The number of nitrogens with zero attached hydrogens (tertiary/aromatic N) is 3. The Hall–Kier alpha value is -3.65. The Kier molecular flexibility index (Phi) is 6.46. The second kappa shape index (κ2) is 9.46. The highest BCUT2D eigenvalue weighted by Crippen LogP contribution is 2.35. The van der Waals surface area contributed by atoms with Crippen LogP contribution in [0.25, 0.3) is 0 Å². The smallest absolute Gasteiger partial charge is 0.229 e. The molecule has 1 saturated heterocycles. The van der Waals surface area contributed by atoms with E-state index in [9.17, 15) is 9.59 Å². The minimum Gasteiger partial charge on any atom is -0.495 e. The molecule has 8 nitrogen and oxygen atoms in total. The first-order valence-electron chi connectivity index (χ1n) is 10.5. The Bertz CT molecular complexity index is 1200. The minimum absolute atomic E-state index is 0.107. The molecule has 2 amide bonds. The molecule has 1 aliphatic heterocycles. The number of ether oxygens (including phenoxy) is 1. The van der Waals surface area contributed by atoms with Gasteiger partial charge in [0.2, 0.25) is 17.8 Å². The number of rotatable bonds is 6. The van der Waals surface area contributed by atoms with E-state index < -0.39 is 5.92 Å². The molecular weight excluding hydrogens is 442 g/mol. The fraction of sp³-hybridized carbons (Fsp3) is 0.250. The number of carbonyl (C=O) groups is 2. The van der Waals surface area contributed by atoms with Gasteiger partial charge in [0, 0.05) is 40.8 Å². The standard InChI is InChI=1S/C24H24ClN5O3/c1-14-9-15(2)27-24(26-14)29-19-6-4-5-18(12-19)28-23(32)16-10-22(31)30(13-16)20-11-17(25)7-8-21(20)33-3/h4-9,11-12,16H,10,13H2,1-3H3,(H,28,32)(H,26,27,29). The highest BCUT2D eigenvalue weighted by Gasteiger charge is 2.36. The first-order valence-corrected chi connectivity index (χ1v) is 10.8. The van der Waals surface area contributed by atoms with E-state index >= 15 is 0 Å². The van der Waals surface area contributed by atoms with Crippen molar-refractivity contribution in [2.75, 3.05) is 29.2 Å². The van der Waals surface area contributed by atoms with E-state index in [0.29, 0.717) is 28.1 Å². The third kappa shape index (κ3) is 5.23. The molecule has 170 valence electrons. The van der Waals surface area contributed by atoms with Crippen LogP contribution in [0.2, 0.25) is 5.02 Å². The monoisotopic (exact) mass is 465 g/mol. The number of anilines is 4. The fourth-order valence-electron chi connectivity index (χ4n) is 3.82. The molecule has 1 unspecified atom stereocenters. The third-order valence-corrected chi connectivity index (χ3v) is 5.53. The van der Waals surface area contributed by atoms with Crippen molar-refractivity contribution in [1.82, 2.24) is 9.97 Å². The Morgan fingerprint density at radius 3 is 2.55 bits per heavy atom. The number of aromatic nitrogens is 2. The van der Waals surface area contributed by atoms with E-state index in [0.717, 1.165) is 17.1 Å². The number of nitrogens with one attached hydrogen (secondary N) is 2. The summed E-state index contributed by atoms with van der Waals surface area (Å²) in [5.74, 6) is 0.134. The van der Waals surface area contributed by atoms with E-state index in [-0.39, 0.29) is 24.8 Å². The molecule has 3 aromatic rings. The van der Waals surface area contributed by atoms with Gasteiger partial charge >= 0.3 is 0 Å². The fourth-order valence-corrected chi connectivity index (χ4v) is 3.99. The van der Waals surface area contributed by atoms with Gasteiger partial charge in [-0.2, -0.15) is 0 Å². The summed E-state index contributed by atoms with van der Waals surface area (Å²) < 4.78 is 5.36. The average Bonchev–Trinajstić information content (AvgIpc) is 3.15. The van der Waals surface area contributed by atoms with Gasteiger partial charge in [-0.1, -0.05) is 17.7 Å². The van der Waals surface area contributed by atoms with Gasteiger partial charge in [0.15, 0.2) is 0 Å². The predicted octanol–water partition coefficient (Wildman–Crippen LogP) is 4.49. The molecule has 1 aliphatic rings.